The molecule has 0 fully saturated rings. The van der Waals surface area contributed by atoms with Crippen molar-refractivity contribution >= 4 is 33.3 Å². The third-order valence-corrected chi connectivity index (χ3v) is 4.15. The first-order chi connectivity index (χ1) is 8.90. The van der Waals surface area contributed by atoms with Crippen LogP contribution in [0.15, 0.2) is 16.6 Å². The molecule has 100 valence electrons. The second-order valence-electron chi connectivity index (χ2n) is 4.49. The van der Waals surface area contributed by atoms with Crippen LogP contribution < -0.4 is 11.1 Å². The van der Waals surface area contributed by atoms with E-state index in [9.17, 15) is 4.79 Å². The van der Waals surface area contributed by atoms with Gasteiger partial charge in [-0.05, 0) is 44.0 Å². The molecule has 2 rings (SSSR count). The van der Waals surface area contributed by atoms with Crippen LogP contribution in [0.3, 0.4) is 0 Å². The Labute approximate surface area is 119 Å². The molecule has 0 bridgehead atoms. The van der Waals surface area contributed by atoms with Crippen molar-refractivity contribution in [3.63, 3.8) is 0 Å². The standard InChI is InChI=1S/C13H15BrN4O/c1-6-4-9(5-7(2)11(6)14)16-13(19)10-8(3)17-18-12(10)15/h4-5H,1-3H3,(H,16,19)(H3,15,17,18). The number of nitrogens with zero attached hydrogens (tertiary/aromatic N) is 1. The third-order valence-electron chi connectivity index (χ3n) is 2.90. The minimum absolute atomic E-state index is 0.209. The Hall–Kier alpha value is -1.82. The molecular formula is C13H15BrN4O. The Morgan fingerprint density at radius 2 is 1.89 bits per heavy atom. The molecule has 0 aliphatic rings. The molecule has 1 aromatic carbocycles. The summed E-state index contributed by atoms with van der Waals surface area (Å²) in [6, 6.07) is 3.81. The monoisotopic (exact) mass is 322 g/mol. The average molecular weight is 323 g/mol. The first kappa shape index (κ1) is 13.6. The number of rotatable bonds is 2. The van der Waals surface area contributed by atoms with Gasteiger partial charge < -0.3 is 11.1 Å². The van der Waals surface area contributed by atoms with Gasteiger partial charge in [0.15, 0.2) is 5.82 Å². The highest BCUT2D eigenvalue weighted by Gasteiger charge is 2.16. The Morgan fingerprint density at radius 3 is 2.37 bits per heavy atom. The van der Waals surface area contributed by atoms with Gasteiger partial charge in [-0.15, -0.1) is 0 Å². The van der Waals surface area contributed by atoms with Gasteiger partial charge in [0.05, 0.1) is 0 Å². The highest BCUT2D eigenvalue weighted by Crippen LogP contribution is 2.25. The number of carbonyl (C=O) groups excluding carboxylic acids is 1. The first-order valence-corrected chi connectivity index (χ1v) is 6.58. The molecule has 1 heterocycles. The molecular weight excluding hydrogens is 308 g/mol. The summed E-state index contributed by atoms with van der Waals surface area (Å²) in [5.74, 6) is -0.0505. The molecule has 6 heteroatoms. The van der Waals surface area contributed by atoms with Gasteiger partial charge >= 0.3 is 0 Å². The number of hydrogen-bond acceptors (Lipinski definition) is 3. The number of aromatic nitrogens is 2. The van der Waals surface area contributed by atoms with Crippen LogP contribution in [0, 0.1) is 20.8 Å². The van der Waals surface area contributed by atoms with Crippen molar-refractivity contribution in [1.82, 2.24) is 10.2 Å². The minimum Gasteiger partial charge on any atom is -0.382 e. The molecule has 1 aromatic heterocycles. The lowest BCUT2D eigenvalue weighted by Gasteiger charge is -2.09. The van der Waals surface area contributed by atoms with Gasteiger partial charge in [0.2, 0.25) is 0 Å². The van der Waals surface area contributed by atoms with Gasteiger partial charge in [-0.2, -0.15) is 5.10 Å². The van der Waals surface area contributed by atoms with E-state index in [0.29, 0.717) is 11.3 Å². The predicted molar refractivity (Wildman–Crippen MR) is 79.3 cm³/mol. The van der Waals surface area contributed by atoms with Crippen molar-refractivity contribution in [3.05, 3.63) is 39.0 Å². The molecule has 0 aliphatic carbocycles. The molecule has 0 aliphatic heterocycles. The number of hydrogen-bond donors (Lipinski definition) is 3. The van der Waals surface area contributed by atoms with Crippen molar-refractivity contribution < 1.29 is 4.79 Å². The smallest absolute Gasteiger partial charge is 0.261 e. The number of halogens is 1. The van der Waals surface area contributed by atoms with Crippen LogP contribution in [0.1, 0.15) is 27.2 Å². The zero-order chi connectivity index (χ0) is 14.2. The van der Waals surface area contributed by atoms with Crippen molar-refractivity contribution in [1.29, 1.82) is 0 Å². The maximum Gasteiger partial charge on any atom is 0.261 e. The number of H-pyrrole nitrogens is 1. The summed E-state index contributed by atoms with van der Waals surface area (Å²) in [6.45, 7) is 5.71. The summed E-state index contributed by atoms with van der Waals surface area (Å²) in [4.78, 5) is 12.2. The molecule has 0 radical (unpaired) electrons. The van der Waals surface area contributed by atoms with Crippen LogP contribution >= 0.6 is 15.9 Å². The molecule has 0 saturated carbocycles. The van der Waals surface area contributed by atoms with Crippen LogP contribution in [0.2, 0.25) is 0 Å². The topological polar surface area (TPSA) is 83.8 Å². The Morgan fingerprint density at radius 1 is 1.32 bits per heavy atom. The van der Waals surface area contributed by atoms with E-state index >= 15 is 0 Å². The van der Waals surface area contributed by atoms with Crippen LogP contribution in [0.25, 0.3) is 0 Å². The second kappa shape index (κ2) is 5.05. The summed E-state index contributed by atoms with van der Waals surface area (Å²) in [6.07, 6.45) is 0. The normalized spacial score (nSPS) is 10.5. The molecule has 0 atom stereocenters. The van der Waals surface area contributed by atoms with E-state index in [1.807, 2.05) is 26.0 Å². The number of nitrogens with one attached hydrogen (secondary N) is 2. The highest BCUT2D eigenvalue weighted by atomic mass is 79.9. The SMILES string of the molecule is Cc1cc(NC(=O)c2c(N)n[nH]c2C)cc(C)c1Br. The molecule has 0 spiro atoms. The van der Waals surface area contributed by atoms with Gasteiger partial charge in [-0.3, -0.25) is 9.89 Å². The number of carbonyl (C=O) groups is 1. The van der Waals surface area contributed by atoms with Crippen LogP contribution in [-0.2, 0) is 0 Å². The molecule has 2 aromatic rings. The minimum atomic E-state index is -0.259. The van der Waals surface area contributed by atoms with E-state index in [-0.39, 0.29) is 11.7 Å². The number of aromatic amines is 1. The van der Waals surface area contributed by atoms with Crippen LogP contribution in [0.4, 0.5) is 11.5 Å². The summed E-state index contributed by atoms with van der Waals surface area (Å²) in [7, 11) is 0. The molecule has 1 amide bonds. The highest BCUT2D eigenvalue weighted by molar-refractivity contribution is 9.10. The molecule has 5 nitrogen and oxygen atoms in total. The Kier molecular flexibility index (Phi) is 3.61. The molecule has 4 N–H and O–H groups in total. The van der Waals surface area contributed by atoms with Gasteiger partial charge in [0.25, 0.3) is 5.91 Å². The van der Waals surface area contributed by atoms with Gasteiger partial charge in [-0.1, -0.05) is 15.9 Å². The van der Waals surface area contributed by atoms with E-state index < -0.39 is 0 Å². The maximum atomic E-state index is 12.2. The summed E-state index contributed by atoms with van der Waals surface area (Å²) in [5, 5.41) is 9.34. The van der Waals surface area contributed by atoms with Crippen LogP contribution in [-0.4, -0.2) is 16.1 Å². The molecule has 19 heavy (non-hydrogen) atoms. The fourth-order valence-corrected chi connectivity index (χ4v) is 2.18. The van der Waals surface area contributed by atoms with E-state index in [0.717, 1.165) is 21.3 Å². The Balaban J connectivity index is 2.30. The lowest BCUT2D eigenvalue weighted by molar-refractivity contribution is 0.102. The number of nitrogen functional groups attached to an aromatic ring is 1. The summed E-state index contributed by atoms with van der Waals surface area (Å²) in [5.41, 5.74) is 9.57. The van der Waals surface area contributed by atoms with Gasteiger partial charge in [0.1, 0.15) is 5.56 Å². The Bertz CT molecular complexity index is 606. The largest absolute Gasteiger partial charge is 0.382 e. The number of amides is 1. The summed E-state index contributed by atoms with van der Waals surface area (Å²) >= 11 is 3.49. The number of aryl methyl sites for hydroxylation is 3. The van der Waals surface area contributed by atoms with Crippen molar-refractivity contribution in [2.75, 3.05) is 11.1 Å². The fraction of sp³-hybridized carbons (Fsp3) is 0.231. The maximum absolute atomic E-state index is 12.2. The number of benzene rings is 1. The number of anilines is 2. The summed E-state index contributed by atoms with van der Waals surface area (Å²) < 4.78 is 1.05. The van der Waals surface area contributed by atoms with E-state index in [4.69, 9.17) is 5.73 Å². The quantitative estimate of drug-likeness (QED) is 0.794. The van der Waals surface area contributed by atoms with Crippen molar-refractivity contribution in [2.24, 2.45) is 0 Å². The zero-order valence-electron chi connectivity index (χ0n) is 11.0. The zero-order valence-corrected chi connectivity index (χ0v) is 12.6. The fourth-order valence-electron chi connectivity index (χ4n) is 1.95. The first-order valence-electron chi connectivity index (χ1n) is 5.78. The molecule has 0 saturated heterocycles. The second-order valence-corrected chi connectivity index (χ2v) is 5.28. The van der Waals surface area contributed by atoms with Gasteiger partial charge in [-0.25, -0.2) is 0 Å². The van der Waals surface area contributed by atoms with Crippen molar-refractivity contribution in [2.45, 2.75) is 20.8 Å². The van der Waals surface area contributed by atoms with Crippen molar-refractivity contribution in [3.8, 4) is 0 Å². The van der Waals surface area contributed by atoms with E-state index in [2.05, 4.69) is 31.4 Å². The molecule has 0 unspecified atom stereocenters. The van der Waals surface area contributed by atoms with E-state index in [1.165, 1.54) is 0 Å². The lowest BCUT2D eigenvalue weighted by Crippen LogP contribution is -2.14. The lowest BCUT2D eigenvalue weighted by atomic mass is 10.1. The number of nitrogens with two attached hydrogens (primary N) is 1. The van der Waals surface area contributed by atoms with Gasteiger partial charge in [0, 0.05) is 15.9 Å². The third kappa shape index (κ3) is 2.63. The van der Waals surface area contributed by atoms with E-state index in [1.54, 1.807) is 6.92 Å². The average Bonchev–Trinajstić information content (AvgIpc) is 2.66. The van der Waals surface area contributed by atoms with Crippen LogP contribution in [0.5, 0.6) is 0 Å². The predicted octanol–water partition coefficient (Wildman–Crippen LogP) is 2.93.